The summed E-state index contributed by atoms with van der Waals surface area (Å²) in [5, 5.41) is 2.64. The zero-order chi connectivity index (χ0) is 18.4. The van der Waals surface area contributed by atoms with Gasteiger partial charge < -0.3 is 10.1 Å². The zero-order valence-corrected chi connectivity index (χ0v) is 14.2. The summed E-state index contributed by atoms with van der Waals surface area (Å²) in [6, 6.07) is 11.1. The molecule has 0 atom stereocenters. The van der Waals surface area contributed by atoms with E-state index >= 15 is 0 Å². The van der Waals surface area contributed by atoms with Gasteiger partial charge in [-0.15, -0.1) is 0 Å². The van der Waals surface area contributed by atoms with Crippen LogP contribution in [-0.4, -0.2) is 26.7 Å². The van der Waals surface area contributed by atoms with Gasteiger partial charge in [-0.05, 0) is 42.8 Å². The first-order valence-corrected chi connectivity index (χ1v) is 9.05. The average molecular weight is 369 g/mol. The summed E-state index contributed by atoms with van der Waals surface area (Å²) in [6.07, 6.45) is 0.852. The monoisotopic (exact) mass is 369 g/mol. The van der Waals surface area contributed by atoms with Crippen molar-refractivity contribution in [1.29, 1.82) is 0 Å². The molecule has 0 aliphatic carbocycles. The Morgan fingerprint density at radius 3 is 2.44 bits per heavy atom. The predicted molar refractivity (Wildman–Crippen MR) is 89.8 cm³/mol. The lowest BCUT2D eigenvalue weighted by atomic mass is 10.2. The van der Waals surface area contributed by atoms with Gasteiger partial charge in [-0.3, -0.25) is 4.79 Å². The summed E-state index contributed by atoms with van der Waals surface area (Å²) in [6.45, 7) is 2.53. The molecule has 0 aliphatic heterocycles. The molecule has 5 nitrogen and oxygen atoms in total. The number of rotatable bonds is 7. The van der Waals surface area contributed by atoms with Crippen molar-refractivity contribution in [3.8, 4) is 5.75 Å². The molecule has 1 N–H and O–H groups in total. The molecule has 134 valence electrons. The summed E-state index contributed by atoms with van der Waals surface area (Å²) in [5.41, 5.74) is 0.649. The Bertz CT molecular complexity index is 836. The number of benzene rings is 2. The molecule has 0 unspecified atom stereocenters. The van der Waals surface area contributed by atoms with Crippen LogP contribution in [0, 0.1) is 0 Å². The molecule has 0 aliphatic rings. The van der Waals surface area contributed by atoms with Gasteiger partial charge in [0.1, 0.15) is 5.75 Å². The van der Waals surface area contributed by atoms with E-state index in [1.807, 2.05) is 6.92 Å². The zero-order valence-electron chi connectivity index (χ0n) is 13.4. The van der Waals surface area contributed by atoms with Crippen molar-refractivity contribution in [1.82, 2.24) is 0 Å². The number of hydrogen-bond donors (Lipinski definition) is 1. The Balaban J connectivity index is 2.11. The highest BCUT2D eigenvalue weighted by Gasteiger charge is 2.26. The molecule has 0 fully saturated rings. The van der Waals surface area contributed by atoms with Crippen molar-refractivity contribution in [3.63, 3.8) is 0 Å². The fraction of sp³-hybridized carbons (Fsp3) is 0.235. The van der Waals surface area contributed by atoms with Crippen molar-refractivity contribution >= 4 is 21.4 Å². The van der Waals surface area contributed by atoms with Crippen LogP contribution in [0.1, 0.15) is 23.7 Å². The third kappa shape index (κ3) is 4.76. The summed E-state index contributed by atoms with van der Waals surface area (Å²) < 4.78 is 53.2. The van der Waals surface area contributed by atoms with E-state index in [0.717, 1.165) is 18.6 Å². The lowest BCUT2D eigenvalue weighted by Crippen LogP contribution is -2.14. The van der Waals surface area contributed by atoms with Crippen molar-refractivity contribution in [2.24, 2.45) is 0 Å². The average Bonchev–Trinajstić information content (AvgIpc) is 2.60. The molecule has 1 amide bonds. The maximum Gasteiger partial charge on any atom is 0.341 e. The number of halogens is 2. The van der Waals surface area contributed by atoms with Gasteiger partial charge in [0.2, 0.25) is 9.84 Å². The third-order valence-corrected chi connectivity index (χ3v) is 4.64. The second kappa shape index (κ2) is 8.06. The molecule has 2 rings (SSSR count). The first-order chi connectivity index (χ1) is 11.8. The number of carbonyl (C=O) groups is 1. The second-order valence-electron chi connectivity index (χ2n) is 5.16. The lowest BCUT2D eigenvalue weighted by Gasteiger charge is -2.09. The quantitative estimate of drug-likeness (QED) is 0.807. The van der Waals surface area contributed by atoms with Crippen LogP contribution in [0.2, 0.25) is 0 Å². The minimum Gasteiger partial charge on any atom is -0.494 e. The van der Waals surface area contributed by atoms with E-state index in [9.17, 15) is 22.0 Å². The van der Waals surface area contributed by atoms with E-state index in [1.54, 1.807) is 24.3 Å². The van der Waals surface area contributed by atoms with Crippen LogP contribution in [-0.2, 0) is 9.84 Å². The molecule has 0 radical (unpaired) electrons. The van der Waals surface area contributed by atoms with Gasteiger partial charge in [0.05, 0.1) is 11.5 Å². The number of ether oxygens (including phenoxy) is 1. The van der Waals surface area contributed by atoms with Gasteiger partial charge in [0.25, 0.3) is 5.91 Å². The summed E-state index contributed by atoms with van der Waals surface area (Å²) >= 11 is 0. The Labute approximate surface area is 144 Å². The third-order valence-electron chi connectivity index (χ3n) is 3.24. The van der Waals surface area contributed by atoms with E-state index in [4.69, 9.17) is 4.74 Å². The molecule has 0 saturated carbocycles. The lowest BCUT2D eigenvalue weighted by molar-refractivity contribution is 0.102. The molecule has 0 aromatic heterocycles. The summed E-state index contributed by atoms with van der Waals surface area (Å²) in [4.78, 5) is 11.7. The predicted octanol–water partition coefficient (Wildman–Crippen LogP) is 3.72. The molecule has 0 bridgehead atoms. The molecule has 2 aromatic carbocycles. The Morgan fingerprint density at radius 2 is 1.84 bits per heavy atom. The summed E-state index contributed by atoms with van der Waals surface area (Å²) in [5.74, 6) is -3.38. The van der Waals surface area contributed by atoms with E-state index in [1.165, 1.54) is 12.1 Å². The van der Waals surface area contributed by atoms with Crippen LogP contribution in [0.5, 0.6) is 5.75 Å². The van der Waals surface area contributed by atoms with Crippen LogP contribution in [0.15, 0.2) is 53.4 Å². The highest BCUT2D eigenvalue weighted by atomic mass is 32.2. The molecule has 0 spiro atoms. The molecule has 25 heavy (non-hydrogen) atoms. The molecule has 0 heterocycles. The van der Waals surface area contributed by atoms with Crippen molar-refractivity contribution < 1.29 is 26.7 Å². The van der Waals surface area contributed by atoms with Crippen molar-refractivity contribution in [2.45, 2.75) is 24.0 Å². The van der Waals surface area contributed by atoms with E-state index in [-0.39, 0.29) is 5.56 Å². The number of amides is 1. The van der Waals surface area contributed by atoms with E-state index in [2.05, 4.69) is 5.32 Å². The standard InChI is InChI=1S/C17H17F2NO4S/c1-2-10-24-14-5-3-4-13(11-14)20-16(21)12-6-8-15(9-7-12)25(22,23)17(18)19/h3-9,11,17H,2,10H2,1H3,(H,20,21). The van der Waals surface area contributed by atoms with Crippen LogP contribution in [0.4, 0.5) is 14.5 Å². The van der Waals surface area contributed by atoms with Crippen molar-refractivity contribution in [3.05, 3.63) is 54.1 Å². The minimum atomic E-state index is -4.67. The highest BCUT2D eigenvalue weighted by molar-refractivity contribution is 7.91. The molecule has 2 aromatic rings. The molecular weight excluding hydrogens is 352 g/mol. The highest BCUT2D eigenvalue weighted by Crippen LogP contribution is 2.20. The minimum absolute atomic E-state index is 0.146. The van der Waals surface area contributed by atoms with Crippen LogP contribution in [0.25, 0.3) is 0 Å². The largest absolute Gasteiger partial charge is 0.494 e. The van der Waals surface area contributed by atoms with E-state index < -0.39 is 26.4 Å². The topological polar surface area (TPSA) is 72.5 Å². The molecule has 0 saturated heterocycles. The van der Waals surface area contributed by atoms with Gasteiger partial charge in [-0.2, -0.15) is 8.78 Å². The van der Waals surface area contributed by atoms with Crippen LogP contribution in [0.3, 0.4) is 0 Å². The fourth-order valence-electron chi connectivity index (χ4n) is 1.99. The first kappa shape index (κ1) is 18.9. The molecular formula is C17H17F2NO4S. The Hall–Kier alpha value is -2.48. The number of carbonyl (C=O) groups excluding carboxylic acids is 1. The molecule has 8 heteroatoms. The Morgan fingerprint density at radius 1 is 1.16 bits per heavy atom. The maximum absolute atomic E-state index is 12.5. The Kier molecular flexibility index (Phi) is 6.08. The maximum atomic E-state index is 12.5. The first-order valence-electron chi connectivity index (χ1n) is 7.51. The van der Waals surface area contributed by atoms with Crippen LogP contribution >= 0.6 is 0 Å². The SMILES string of the molecule is CCCOc1cccc(NC(=O)c2ccc(S(=O)(=O)C(F)F)cc2)c1. The second-order valence-corrected chi connectivity index (χ2v) is 7.08. The fourth-order valence-corrected chi connectivity index (χ4v) is 2.71. The van der Waals surface area contributed by atoms with Gasteiger partial charge in [-0.25, -0.2) is 8.42 Å². The number of alkyl halides is 2. The van der Waals surface area contributed by atoms with Crippen molar-refractivity contribution in [2.75, 3.05) is 11.9 Å². The number of hydrogen-bond acceptors (Lipinski definition) is 4. The van der Waals surface area contributed by atoms with E-state index in [0.29, 0.717) is 18.0 Å². The van der Waals surface area contributed by atoms with Gasteiger partial charge >= 0.3 is 5.76 Å². The normalized spacial score (nSPS) is 11.4. The smallest absolute Gasteiger partial charge is 0.341 e. The summed E-state index contributed by atoms with van der Waals surface area (Å²) in [7, 11) is -4.67. The van der Waals surface area contributed by atoms with Crippen LogP contribution < -0.4 is 10.1 Å². The van der Waals surface area contributed by atoms with Gasteiger partial charge in [-0.1, -0.05) is 13.0 Å². The van der Waals surface area contributed by atoms with Gasteiger partial charge in [0.15, 0.2) is 0 Å². The number of nitrogens with one attached hydrogen (secondary N) is 1. The number of sulfone groups is 1. The van der Waals surface area contributed by atoms with Gasteiger partial charge in [0, 0.05) is 17.3 Å². The number of anilines is 1.